The van der Waals surface area contributed by atoms with Crippen molar-refractivity contribution in [1.82, 2.24) is 0 Å². The second-order valence-electron chi connectivity index (χ2n) is 3.16. The Labute approximate surface area is 86.6 Å². The lowest BCUT2D eigenvalue weighted by molar-refractivity contribution is 0.334. The van der Waals surface area contributed by atoms with Crippen molar-refractivity contribution in [2.24, 2.45) is 0 Å². The fourth-order valence-electron chi connectivity index (χ4n) is 1.52. The molecule has 0 N–H and O–H groups in total. The van der Waals surface area contributed by atoms with Gasteiger partial charge >= 0.3 is 0 Å². The third-order valence-electron chi connectivity index (χ3n) is 2.22. The summed E-state index contributed by atoms with van der Waals surface area (Å²) >= 11 is 0. The van der Waals surface area contributed by atoms with E-state index >= 15 is 0 Å². The topological polar surface area (TPSA) is 43.4 Å². The van der Waals surface area contributed by atoms with Crippen molar-refractivity contribution in [3.05, 3.63) is 50.8 Å². The molecule has 0 saturated carbocycles. The normalized spacial score (nSPS) is 10.5. The predicted octanol–water partition coefficient (Wildman–Crippen LogP) is 1.35. The van der Waals surface area contributed by atoms with Gasteiger partial charge in [0.05, 0.1) is 12.2 Å². The Hall–Kier alpha value is -1.90. The molecule has 0 aromatic heterocycles. The van der Waals surface area contributed by atoms with Gasteiger partial charge in [0.15, 0.2) is 5.75 Å². The monoisotopic (exact) mass is 202 g/mol. The van der Waals surface area contributed by atoms with E-state index in [0.29, 0.717) is 12.2 Å². The lowest BCUT2D eigenvalue weighted by Crippen LogP contribution is -2.34. The van der Waals surface area contributed by atoms with Crippen LogP contribution >= 0.6 is 0 Å². The number of hydrogen-bond acceptors (Lipinski definition) is 3. The Bertz CT molecular complexity index is 533. The molecule has 3 heteroatoms. The van der Waals surface area contributed by atoms with Crippen molar-refractivity contribution in [1.29, 1.82) is 0 Å². The number of hydrogen-bond donors (Lipinski definition) is 0. The fourth-order valence-corrected chi connectivity index (χ4v) is 1.52. The first-order valence-electron chi connectivity index (χ1n) is 4.77. The molecule has 2 aromatic carbocycles. The zero-order valence-corrected chi connectivity index (χ0v) is 8.32. The Kier molecular flexibility index (Phi) is 2.37. The summed E-state index contributed by atoms with van der Waals surface area (Å²) in [6.45, 7) is 2.18. The van der Waals surface area contributed by atoms with Gasteiger partial charge in [-0.3, -0.25) is 9.59 Å². The van der Waals surface area contributed by atoms with Crippen molar-refractivity contribution in [3.8, 4) is 16.9 Å². The third kappa shape index (κ3) is 1.46. The summed E-state index contributed by atoms with van der Waals surface area (Å²) in [6.07, 6.45) is 0. The van der Waals surface area contributed by atoms with Crippen LogP contribution in [0.4, 0.5) is 0 Å². The third-order valence-corrected chi connectivity index (χ3v) is 2.22. The second-order valence-corrected chi connectivity index (χ2v) is 3.16. The van der Waals surface area contributed by atoms with E-state index in [-0.39, 0.29) is 5.75 Å². The molecule has 0 aliphatic heterocycles. The average Bonchev–Trinajstić information content (AvgIpc) is 2.29. The van der Waals surface area contributed by atoms with Crippen LogP contribution in [0, 0.1) is 0 Å². The summed E-state index contributed by atoms with van der Waals surface area (Å²) in [5, 5.41) is 0. The first-order valence-corrected chi connectivity index (χ1v) is 4.77. The van der Waals surface area contributed by atoms with Crippen LogP contribution in [0.25, 0.3) is 11.1 Å². The minimum Gasteiger partial charge on any atom is -0.489 e. The maximum Gasteiger partial charge on any atom is 0.268 e. The summed E-state index contributed by atoms with van der Waals surface area (Å²) in [5.41, 5.74) is 0.174. The summed E-state index contributed by atoms with van der Waals surface area (Å²) in [6, 6.07) is 9.08. The molecule has 2 rings (SSSR count). The van der Waals surface area contributed by atoms with Gasteiger partial charge in [0, 0.05) is 0 Å². The molecular weight excluding hydrogens is 192 g/mol. The molecule has 0 radical (unpaired) electrons. The smallest absolute Gasteiger partial charge is 0.268 e. The van der Waals surface area contributed by atoms with Gasteiger partial charge in [0.1, 0.15) is 0 Å². The fraction of sp³-hybridized carbons (Fsp3) is 0.167. The maximum absolute atomic E-state index is 11.4. The standard InChI is InChI=1S/C12H10O3/c1-2-15-12-9(10(13)11(12)14)8-6-4-3-5-7-8/h3-7H,2H2,1H3. The molecule has 15 heavy (non-hydrogen) atoms. The molecule has 0 spiro atoms. The van der Waals surface area contributed by atoms with Gasteiger partial charge < -0.3 is 4.74 Å². The molecule has 0 aliphatic rings. The van der Waals surface area contributed by atoms with Gasteiger partial charge in [-0.1, -0.05) is 30.3 Å². The maximum atomic E-state index is 11.4. The molecule has 0 heterocycles. The van der Waals surface area contributed by atoms with E-state index in [0.717, 1.165) is 5.56 Å². The second kappa shape index (κ2) is 3.69. The highest BCUT2D eigenvalue weighted by atomic mass is 16.5. The largest absolute Gasteiger partial charge is 0.489 e. The highest BCUT2D eigenvalue weighted by molar-refractivity contribution is 5.73. The molecule has 0 atom stereocenters. The van der Waals surface area contributed by atoms with Crippen LogP contribution in [0.5, 0.6) is 5.75 Å². The molecule has 0 aliphatic carbocycles. The molecule has 0 saturated heterocycles. The SMILES string of the molecule is CCOc1c(-c2ccccc2)c(=O)c1=O. The molecule has 0 bridgehead atoms. The molecule has 3 nitrogen and oxygen atoms in total. The molecule has 0 unspecified atom stereocenters. The van der Waals surface area contributed by atoms with E-state index in [4.69, 9.17) is 4.74 Å². The van der Waals surface area contributed by atoms with Crippen molar-refractivity contribution >= 4 is 0 Å². The van der Waals surface area contributed by atoms with E-state index in [1.807, 2.05) is 18.2 Å². The Morgan fingerprint density at radius 2 is 1.73 bits per heavy atom. The molecule has 0 fully saturated rings. The average molecular weight is 202 g/mol. The van der Waals surface area contributed by atoms with Crippen LogP contribution in [0.3, 0.4) is 0 Å². The predicted molar refractivity (Wildman–Crippen MR) is 58.0 cm³/mol. The number of rotatable bonds is 3. The van der Waals surface area contributed by atoms with Gasteiger partial charge in [-0.2, -0.15) is 0 Å². The lowest BCUT2D eigenvalue weighted by atomic mass is 10.0. The zero-order chi connectivity index (χ0) is 10.8. The van der Waals surface area contributed by atoms with E-state index in [1.165, 1.54) is 0 Å². The van der Waals surface area contributed by atoms with Crippen molar-refractivity contribution in [2.45, 2.75) is 6.92 Å². The molecular formula is C12H10O3. The number of ether oxygens (including phenoxy) is 1. The minimum absolute atomic E-state index is 0.203. The van der Waals surface area contributed by atoms with Crippen LogP contribution < -0.4 is 15.6 Å². The van der Waals surface area contributed by atoms with Gasteiger partial charge in [-0.25, -0.2) is 0 Å². The van der Waals surface area contributed by atoms with Gasteiger partial charge in [-0.05, 0) is 12.5 Å². The first kappa shape index (κ1) is 9.65. The van der Waals surface area contributed by atoms with Crippen LogP contribution in [0.2, 0.25) is 0 Å². The van der Waals surface area contributed by atoms with Crippen molar-refractivity contribution < 1.29 is 4.74 Å². The van der Waals surface area contributed by atoms with Gasteiger partial charge in [-0.15, -0.1) is 0 Å². The van der Waals surface area contributed by atoms with Crippen LogP contribution in [-0.2, 0) is 0 Å². The summed E-state index contributed by atoms with van der Waals surface area (Å²) in [5.74, 6) is 0.203. The van der Waals surface area contributed by atoms with Crippen LogP contribution in [0.1, 0.15) is 6.92 Å². The molecule has 2 aromatic rings. The first-order chi connectivity index (χ1) is 7.25. The summed E-state index contributed by atoms with van der Waals surface area (Å²) in [7, 11) is 0. The van der Waals surface area contributed by atoms with E-state index in [1.54, 1.807) is 19.1 Å². The van der Waals surface area contributed by atoms with E-state index in [9.17, 15) is 9.59 Å². The van der Waals surface area contributed by atoms with Gasteiger partial charge in [0.2, 0.25) is 5.43 Å². The molecule has 76 valence electrons. The van der Waals surface area contributed by atoms with Crippen molar-refractivity contribution in [2.75, 3.05) is 6.61 Å². The van der Waals surface area contributed by atoms with E-state index in [2.05, 4.69) is 0 Å². The summed E-state index contributed by atoms with van der Waals surface area (Å²) in [4.78, 5) is 22.6. The Balaban J connectivity index is 2.51. The van der Waals surface area contributed by atoms with Crippen LogP contribution in [-0.4, -0.2) is 6.61 Å². The minimum atomic E-state index is -0.518. The van der Waals surface area contributed by atoms with Gasteiger partial charge in [0.25, 0.3) is 5.43 Å². The Morgan fingerprint density at radius 1 is 1.07 bits per heavy atom. The quantitative estimate of drug-likeness (QED) is 0.705. The van der Waals surface area contributed by atoms with Crippen molar-refractivity contribution in [3.63, 3.8) is 0 Å². The lowest BCUT2D eigenvalue weighted by Gasteiger charge is -2.10. The highest BCUT2D eigenvalue weighted by Gasteiger charge is 2.22. The highest BCUT2D eigenvalue weighted by Crippen LogP contribution is 2.24. The molecule has 0 amide bonds. The van der Waals surface area contributed by atoms with Crippen LogP contribution in [0.15, 0.2) is 39.9 Å². The summed E-state index contributed by atoms with van der Waals surface area (Å²) < 4.78 is 5.14. The Morgan fingerprint density at radius 3 is 2.33 bits per heavy atom. The number of benzene rings is 1. The van der Waals surface area contributed by atoms with E-state index < -0.39 is 10.9 Å². The zero-order valence-electron chi connectivity index (χ0n) is 8.32.